The van der Waals surface area contributed by atoms with Crippen LogP contribution in [-0.2, 0) is 17.5 Å². The summed E-state index contributed by atoms with van der Waals surface area (Å²) in [6.45, 7) is -0.0242. The van der Waals surface area contributed by atoms with Gasteiger partial charge in [0.1, 0.15) is 0 Å². The zero-order valence-electron chi connectivity index (χ0n) is 8.45. The molecular formula is C9H10BF3O3. The predicted molar refractivity (Wildman–Crippen MR) is 52.0 cm³/mol. The van der Waals surface area contributed by atoms with Crippen molar-refractivity contribution in [1.82, 2.24) is 0 Å². The molecule has 1 aromatic rings. The van der Waals surface area contributed by atoms with Gasteiger partial charge in [-0.2, -0.15) is 13.2 Å². The van der Waals surface area contributed by atoms with E-state index in [0.29, 0.717) is 6.07 Å². The van der Waals surface area contributed by atoms with Crippen LogP contribution in [0.25, 0.3) is 0 Å². The highest BCUT2D eigenvalue weighted by molar-refractivity contribution is 6.58. The van der Waals surface area contributed by atoms with E-state index in [-0.39, 0.29) is 17.6 Å². The molecule has 0 saturated carbocycles. The molecule has 1 rings (SSSR count). The van der Waals surface area contributed by atoms with Gasteiger partial charge in [0.25, 0.3) is 0 Å². The summed E-state index contributed by atoms with van der Waals surface area (Å²) < 4.78 is 42.0. The molecule has 1 aromatic carbocycles. The molecule has 3 nitrogen and oxygen atoms in total. The molecule has 0 aliphatic rings. The van der Waals surface area contributed by atoms with Crippen molar-refractivity contribution < 1.29 is 28.0 Å². The standard InChI is InChI=1S/C9H10BF3O3/c1-16-5-6-2-7(9(11,12)13)4-8(3-6)10(14)15/h2-4,14-15H,5H2,1H3. The molecule has 0 radical (unpaired) electrons. The van der Waals surface area contributed by atoms with Gasteiger partial charge in [-0.05, 0) is 17.1 Å². The Morgan fingerprint density at radius 3 is 2.31 bits per heavy atom. The van der Waals surface area contributed by atoms with Crippen molar-refractivity contribution in [3.8, 4) is 0 Å². The van der Waals surface area contributed by atoms with Crippen LogP contribution in [0, 0.1) is 0 Å². The average molecular weight is 234 g/mol. The van der Waals surface area contributed by atoms with E-state index in [2.05, 4.69) is 0 Å². The van der Waals surface area contributed by atoms with E-state index < -0.39 is 18.9 Å². The summed E-state index contributed by atoms with van der Waals surface area (Å²) in [4.78, 5) is 0. The third-order valence-corrected chi connectivity index (χ3v) is 1.95. The normalized spacial score (nSPS) is 11.6. The van der Waals surface area contributed by atoms with Crippen LogP contribution in [0.2, 0.25) is 0 Å². The highest BCUT2D eigenvalue weighted by Crippen LogP contribution is 2.29. The van der Waals surface area contributed by atoms with E-state index in [4.69, 9.17) is 14.8 Å². The quantitative estimate of drug-likeness (QED) is 0.750. The first-order chi connectivity index (χ1) is 7.34. The summed E-state index contributed by atoms with van der Waals surface area (Å²) in [7, 11) is -0.590. The second kappa shape index (κ2) is 4.86. The Bertz CT molecular complexity index is 366. The average Bonchev–Trinajstić information content (AvgIpc) is 2.16. The maximum atomic E-state index is 12.4. The molecule has 0 unspecified atom stereocenters. The van der Waals surface area contributed by atoms with Gasteiger partial charge in [0.05, 0.1) is 12.2 Å². The molecule has 16 heavy (non-hydrogen) atoms. The van der Waals surface area contributed by atoms with Gasteiger partial charge >= 0.3 is 13.3 Å². The molecule has 0 aliphatic carbocycles. The van der Waals surface area contributed by atoms with E-state index in [9.17, 15) is 13.2 Å². The van der Waals surface area contributed by atoms with Gasteiger partial charge in [-0.15, -0.1) is 0 Å². The van der Waals surface area contributed by atoms with Crippen LogP contribution in [0.3, 0.4) is 0 Å². The van der Waals surface area contributed by atoms with Crippen molar-refractivity contribution in [1.29, 1.82) is 0 Å². The maximum Gasteiger partial charge on any atom is 0.488 e. The molecule has 0 atom stereocenters. The van der Waals surface area contributed by atoms with Gasteiger partial charge in [0, 0.05) is 7.11 Å². The first kappa shape index (κ1) is 13.0. The lowest BCUT2D eigenvalue weighted by atomic mass is 9.78. The molecule has 0 amide bonds. The van der Waals surface area contributed by atoms with Crippen LogP contribution in [-0.4, -0.2) is 24.3 Å². The summed E-state index contributed by atoms with van der Waals surface area (Å²) in [5, 5.41) is 17.7. The number of halogens is 3. The highest BCUT2D eigenvalue weighted by Gasteiger charge is 2.32. The molecule has 7 heteroatoms. The van der Waals surface area contributed by atoms with E-state index >= 15 is 0 Å². The minimum Gasteiger partial charge on any atom is -0.423 e. The first-order valence-corrected chi connectivity index (χ1v) is 4.40. The number of alkyl halides is 3. The van der Waals surface area contributed by atoms with Crippen molar-refractivity contribution in [3.05, 3.63) is 29.3 Å². The SMILES string of the molecule is COCc1cc(B(O)O)cc(C(F)(F)F)c1. The van der Waals surface area contributed by atoms with E-state index in [1.807, 2.05) is 0 Å². The second-order valence-electron chi connectivity index (χ2n) is 3.27. The summed E-state index contributed by atoms with van der Waals surface area (Å²) in [5.74, 6) is 0. The summed E-state index contributed by atoms with van der Waals surface area (Å²) >= 11 is 0. The molecule has 0 bridgehead atoms. The van der Waals surface area contributed by atoms with Gasteiger partial charge in [-0.1, -0.05) is 12.1 Å². The van der Waals surface area contributed by atoms with E-state index in [1.165, 1.54) is 13.2 Å². The number of ether oxygens (including phenoxy) is 1. The Kier molecular flexibility index (Phi) is 3.95. The van der Waals surface area contributed by atoms with Gasteiger partial charge in [0.2, 0.25) is 0 Å². The Balaban J connectivity index is 3.19. The Labute approximate surface area is 90.6 Å². The second-order valence-corrected chi connectivity index (χ2v) is 3.27. The van der Waals surface area contributed by atoms with Crippen LogP contribution >= 0.6 is 0 Å². The van der Waals surface area contributed by atoms with Crippen LogP contribution in [0.15, 0.2) is 18.2 Å². The van der Waals surface area contributed by atoms with Gasteiger partial charge in [-0.3, -0.25) is 0 Å². The number of methoxy groups -OCH3 is 1. The van der Waals surface area contributed by atoms with E-state index in [1.54, 1.807) is 0 Å². The molecule has 0 aromatic heterocycles. The zero-order valence-corrected chi connectivity index (χ0v) is 8.45. The molecule has 0 saturated heterocycles. The number of benzene rings is 1. The number of hydrogen-bond acceptors (Lipinski definition) is 3. The van der Waals surface area contributed by atoms with E-state index in [0.717, 1.165) is 6.07 Å². The number of hydrogen-bond donors (Lipinski definition) is 2. The fourth-order valence-corrected chi connectivity index (χ4v) is 1.28. The summed E-state index contributed by atoms with van der Waals surface area (Å²) in [5.41, 5.74) is -0.896. The molecule has 0 fully saturated rings. The monoisotopic (exact) mass is 234 g/mol. The third-order valence-electron chi connectivity index (χ3n) is 1.95. The molecule has 0 heterocycles. The lowest BCUT2D eigenvalue weighted by molar-refractivity contribution is -0.137. The van der Waals surface area contributed by atoms with Crippen molar-refractivity contribution in [3.63, 3.8) is 0 Å². The minimum atomic E-state index is -4.52. The predicted octanol–water partition coefficient (Wildman–Crippen LogP) is 0.532. The van der Waals surface area contributed by atoms with Crippen LogP contribution in [0.4, 0.5) is 13.2 Å². The van der Waals surface area contributed by atoms with Crippen molar-refractivity contribution in [2.45, 2.75) is 12.8 Å². The fraction of sp³-hybridized carbons (Fsp3) is 0.333. The lowest BCUT2D eigenvalue weighted by Gasteiger charge is -2.11. The van der Waals surface area contributed by atoms with Crippen molar-refractivity contribution in [2.75, 3.05) is 7.11 Å². The number of rotatable bonds is 3. The molecule has 0 spiro atoms. The smallest absolute Gasteiger partial charge is 0.423 e. The van der Waals surface area contributed by atoms with Gasteiger partial charge < -0.3 is 14.8 Å². The van der Waals surface area contributed by atoms with Crippen molar-refractivity contribution >= 4 is 12.6 Å². The van der Waals surface area contributed by atoms with Crippen LogP contribution < -0.4 is 5.46 Å². The summed E-state index contributed by atoms with van der Waals surface area (Å²) in [6.07, 6.45) is -4.52. The summed E-state index contributed by atoms with van der Waals surface area (Å²) in [6, 6.07) is 2.86. The first-order valence-electron chi connectivity index (χ1n) is 4.40. The minimum absolute atomic E-state index is 0.0242. The molecule has 0 aliphatic heterocycles. The van der Waals surface area contributed by atoms with Gasteiger partial charge in [-0.25, -0.2) is 0 Å². The van der Waals surface area contributed by atoms with Crippen molar-refractivity contribution in [2.24, 2.45) is 0 Å². The largest absolute Gasteiger partial charge is 0.488 e. The highest BCUT2D eigenvalue weighted by atomic mass is 19.4. The Morgan fingerprint density at radius 2 is 1.88 bits per heavy atom. The fourth-order valence-electron chi connectivity index (χ4n) is 1.28. The lowest BCUT2D eigenvalue weighted by Crippen LogP contribution is -2.31. The maximum absolute atomic E-state index is 12.4. The molecule has 88 valence electrons. The van der Waals surface area contributed by atoms with Gasteiger partial charge in [0.15, 0.2) is 0 Å². The Morgan fingerprint density at radius 1 is 1.25 bits per heavy atom. The topological polar surface area (TPSA) is 49.7 Å². The zero-order chi connectivity index (χ0) is 12.3. The molecular weight excluding hydrogens is 224 g/mol. The van der Waals surface area contributed by atoms with Crippen LogP contribution in [0.5, 0.6) is 0 Å². The molecule has 2 N–H and O–H groups in total. The Hall–Kier alpha value is -1.05. The third kappa shape index (κ3) is 3.23. The van der Waals surface area contributed by atoms with Crippen LogP contribution in [0.1, 0.15) is 11.1 Å².